The van der Waals surface area contributed by atoms with Gasteiger partial charge >= 0.3 is 0 Å². The lowest BCUT2D eigenvalue weighted by atomic mass is 9.98. The zero-order valence-corrected chi connectivity index (χ0v) is 14.8. The van der Waals surface area contributed by atoms with Gasteiger partial charge in [0, 0.05) is 6.20 Å². The van der Waals surface area contributed by atoms with Crippen LogP contribution < -0.4 is 10.3 Å². The molecule has 29 heavy (non-hydrogen) atoms. The SMILES string of the molecule is O=C1c2oc3ccc(F)cc3c(=O)c2C(c2cccc(F)c2)N1c1ccccn1. The van der Waals surface area contributed by atoms with Gasteiger partial charge in [-0.05, 0) is 48.0 Å². The van der Waals surface area contributed by atoms with Crippen molar-refractivity contribution in [3.63, 3.8) is 0 Å². The molecule has 1 atom stereocenters. The number of hydrogen-bond acceptors (Lipinski definition) is 4. The van der Waals surface area contributed by atoms with Crippen LogP contribution in [-0.4, -0.2) is 10.9 Å². The van der Waals surface area contributed by atoms with Crippen LogP contribution in [0.5, 0.6) is 0 Å². The molecule has 0 saturated carbocycles. The van der Waals surface area contributed by atoms with Crippen molar-refractivity contribution in [3.05, 3.63) is 106 Å². The van der Waals surface area contributed by atoms with E-state index in [4.69, 9.17) is 4.42 Å². The Morgan fingerprint density at radius 1 is 0.931 bits per heavy atom. The first kappa shape index (κ1) is 17.2. The average Bonchev–Trinajstić information content (AvgIpc) is 3.02. The summed E-state index contributed by atoms with van der Waals surface area (Å²) in [6.07, 6.45) is 1.51. The number of nitrogens with zero attached hydrogens (tertiary/aromatic N) is 2. The molecule has 0 spiro atoms. The molecular formula is C22H12F2N2O3. The number of anilines is 1. The van der Waals surface area contributed by atoms with E-state index in [-0.39, 0.29) is 28.1 Å². The molecule has 7 heteroatoms. The number of halogens is 2. The van der Waals surface area contributed by atoms with Crippen molar-refractivity contribution in [3.8, 4) is 0 Å². The molecule has 1 amide bonds. The highest BCUT2D eigenvalue weighted by atomic mass is 19.1. The molecule has 5 nitrogen and oxygen atoms in total. The smallest absolute Gasteiger partial charge is 0.296 e. The van der Waals surface area contributed by atoms with Gasteiger partial charge in [-0.3, -0.25) is 14.5 Å². The molecule has 0 aliphatic carbocycles. The molecule has 2 aromatic heterocycles. The number of carbonyl (C=O) groups is 1. The number of aromatic nitrogens is 1. The van der Waals surface area contributed by atoms with Gasteiger partial charge in [0.05, 0.1) is 17.0 Å². The Hall–Kier alpha value is -3.87. The van der Waals surface area contributed by atoms with E-state index in [1.165, 1.54) is 35.4 Å². The molecule has 5 rings (SSSR count). The molecule has 3 heterocycles. The first-order valence-corrected chi connectivity index (χ1v) is 8.81. The Labute approximate surface area is 162 Å². The molecule has 1 unspecified atom stereocenters. The van der Waals surface area contributed by atoms with Crippen LogP contribution in [0.2, 0.25) is 0 Å². The van der Waals surface area contributed by atoms with E-state index < -0.39 is 29.0 Å². The van der Waals surface area contributed by atoms with Crippen LogP contribution >= 0.6 is 0 Å². The van der Waals surface area contributed by atoms with Gasteiger partial charge in [0.1, 0.15) is 23.0 Å². The number of amides is 1. The second-order valence-corrected chi connectivity index (χ2v) is 6.64. The highest BCUT2D eigenvalue weighted by Gasteiger charge is 2.44. The third kappa shape index (κ3) is 2.62. The third-order valence-electron chi connectivity index (χ3n) is 4.89. The highest BCUT2D eigenvalue weighted by Crippen LogP contribution is 2.40. The van der Waals surface area contributed by atoms with Crippen LogP contribution in [0.25, 0.3) is 11.0 Å². The van der Waals surface area contributed by atoms with Gasteiger partial charge in [-0.15, -0.1) is 0 Å². The second kappa shape index (κ2) is 6.34. The van der Waals surface area contributed by atoms with Gasteiger partial charge in [-0.1, -0.05) is 18.2 Å². The minimum absolute atomic E-state index is 0.0147. The topological polar surface area (TPSA) is 63.4 Å². The van der Waals surface area contributed by atoms with Crippen molar-refractivity contribution in [1.82, 2.24) is 4.98 Å². The van der Waals surface area contributed by atoms with E-state index >= 15 is 0 Å². The molecule has 0 fully saturated rings. The van der Waals surface area contributed by atoms with Gasteiger partial charge in [0.25, 0.3) is 5.91 Å². The van der Waals surface area contributed by atoms with Crippen molar-refractivity contribution >= 4 is 22.7 Å². The van der Waals surface area contributed by atoms with E-state index in [2.05, 4.69) is 4.98 Å². The number of rotatable bonds is 2. The Bertz CT molecular complexity index is 1340. The fourth-order valence-electron chi connectivity index (χ4n) is 3.67. The Balaban J connectivity index is 1.84. The molecule has 4 aromatic rings. The minimum Gasteiger partial charge on any atom is -0.450 e. The second-order valence-electron chi connectivity index (χ2n) is 6.64. The van der Waals surface area contributed by atoms with E-state index in [1.54, 1.807) is 24.3 Å². The molecular weight excluding hydrogens is 378 g/mol. The first-order chi connectivity index (χ1) is 14.0. The maximum Gasteiger partial charge on any atom is 0.296 e. The summed E-state index contributed by atoms with van der Waals surface area (Å²) >= 11 is 0. The number of benzene rings is 2. The van der Waals surface area contributed by atoms with Crippen molar-refractivity contribution in [2.45, 2.75) is 6.04 Å². The zero-order chi connectivity index (χ0) is 20.1. The summed E-state index contributed by atoms with van der Waals surface area (Å²) < 4.78 is 33.4. The normalized spacial score (nSPS) is 15.7. The molecule has 1 aliphatic rings. The van der Waals surface area contributed by atoms with Crippen LogP contribution in [0.15, 0.2) is 76.1 Å². The van der Waals surface area contributed by atoms with Crippen LogP contribution in [0.3, 0.4) is 0 Å². The van der Waals surface area contributed by atoms with Gasteiger partial charge < -0.3 is 4.42 Å². The zero-order valence-electron chi connectivity index (χ0n) is 14.8. The van der Waals surface area contributed by atoms with Crippen LogP contribution in [-0.2, 0) is 0 Å². The predicted octanol–water partition coefficient (Wildman–Crippen LogP) is 4.22. The molecule has 1 aliphatic heterocycles. The summed E-state index contributed by atoms with van der Waals surface area (Å²) in [7, 11) is 0. The molecule has 2 aromatic carbocycles. The van der Waals surface area contributed by atoms with Crippen molar-refractivity contribution in [1.29, 1.82) is 0 Å². The molecule has 142 valence electrons. The summed E-state index contributed by atoms with van der Waals surface area (Å²) in [4.78, 5) is 32.0. The lowest BCUT2D eigenvalue weighted by Crippen LogP contribution is -2.30. The van der Waals surface area contributed by atoms with E-state index in [0.717, 1.165) is 12.1 Å². The largest absolute Gasteiger partial charge is 0.450 e. The van der Waals surface area contributed by atoms with Crippen LogP contribution in [0.1, 0.15) is 27.7 Å². The van der Waals surface area contributed by atoms with E-state index in [9.17, 15) is 18.4 Å². The number of pyridine rings is 1. The van der Waals surface area contributed by atoms with E-state index in [1.807, 2.05) is 0 Å². The standard InChI is InChI=1S/C22H12F2N2O3/c23-13-5-3-4-12(10-13)19-18-20(27)15-11-14(24)7-8-16(15)29-21(18)22(28)26(19)17-6-1-2-9-25-17/h1-11,19H. The van der Waals surface area contributed by atoms with Crippen LogP contribution in [0.4, 0.5) is 14.6 Å². The Morgan fingerprint density at radius 3 is 2.52 bits per heavy atom. The Morgan fingerprint density at radius 2 is 1.76 bits per heavy atom. The van der Waals surface area contributed by atoms with Gasteiger partial charge in [0.2, 0.25) is 5.76 Å². The summed E-state index contributed by atoms with van der Waals surface area (Å²) in [5.41, 5.74) is -0.0266. The molecule has 0 saturated heterocycles. The Kier molecular flexibility index (Phi) is 3.77. The highest BCUT2D eigenvalue weighted by molar-refractivity contribution is 6.10. The molecule has 0 N–H and O–H groups in total. The summed E-state index contributed by atoms with van der Waals surface area (Å²) in [5.74, 6) is -1.56. The predicted molar refractivity (Wildman–Crippen MR) is 102 cm³/mol. The summed E-state index contributed by atoms with van der Waals surface area (Å²) in [6.45, 7) is 0. The van der Waals surface area contributed by atoms with E-state index in [0.29, 0.717) is 5.56 Å². The number of fused-ring (bicyclic) bond motifs is 2. The van der Waals surface area contributed by atoms with Crippen molar-refractivity contribution in [2.75, 3.05) is 4.90 Å². The van der Waals surface area contributed by atoms with Gasteiger partial charge in [0.15, 0.2) is 5.43 Å². The van der Waals surface area contributed by atoms with Crippen molar-refractivity contribution in [2.24, 2.45) is 0 Å². The van der Waals surface area contributed by atoms with Crippen LogP contribution in [0, 0.1) is 11.6 Å². The monoisotopic (exact) mass is 390 g/mol. The molecule has 0 bridgehead atoms. The molecule has 0 radical (unpaired) electrons. The van der Waals surface area contributed by atoms with Gasteiger partial charge in [-0.25, -0.2) is 13.8 Å². The minimum atomic E-state index is -0.952. The number of carbonyl (C=O) groups excluding carboxylic acids is 1. The summed E-state index contributed by atoms with van der Waals surface area (Å²) in [6, 6.07) is 13.2. The lowest BCUT2D eigenvalue weighted by molar-refractivity contribution is 0.0970. The van der Waals surface area contributed by atoms with Crippen molar-refractivity contribution < 1.29 is 18.0 Å². The maximum absolute atomic E-state index is 14.0. The summed E-state index contributed by atoms with van der Waals surface area (Å²) in [5, 5.41) is 0.0147. The lowest BCUT2D eigenvalue weighted by Gasteiger charge is -2.24. The average molecular weight is 390 g/mol. The fraction of sp³-hybridized carbons (Fsp3) is 0.0455. The maximum atomic E-state index is 14.0. The first-order valence-electron chi connectivity index (χ1n) is 8.81. The van der Waals surface area contributed by atoms with Gasteiger partial charge in [-0.2, -0.15) is 0 Å². The third-order valence-corrected chi connectivity index (χ3v) is 4.89. The fourth-order valence-corrected chi connectivity index (χ4v) is 3.67. The number of hydrogen-bond donors (Lipinski definition) is 0. The quantitative estimate of drug-likeness (QED) is 0.514.